The minimum absolute atomic E-state index is 0.0237. The summed E-state index contributed by atoms with van der Waals surface area (Å²) in [7, 11) is 1.42. The van der Waals surface area contributed by atoms with E-state index in [1.165, 1.54) is 18.3 Å². The molecule has 1 aliphatic carbocycles. The maximum absolute atomic E-state index is 12.5. The van der Waals surface area contributed by atoms with Crippen molar-refractivity contribution < 1.29 is 9.53 Å². The number of ether oxygens (including phenoxy) is 1. The molecular formula is C18H18ClNO2. The average molecular weight is 316 g/mol. The Bertz CT molecular complexity index is 711. The standard InChI is InChI=1S/C18H18ClNO2/c1-11(2)14-5-4-6-15(14)18(17(21)22-3)16(20-18)12-7-9-13(19)10-8-12/h4-5,7-10,15H,6H2,1-3H3. The number of halogens is 1. The molecule has 0 aromatic heterocycles. The Morgan fingerprint density at radius 3 is 2.59 bits per heavy atom. The zero-order chi connectivity index (χ0) is 15.9. The summed E-state index contributed by atoms with van der Waals surface area (Å²) in [4.78, 5) is 17.1. The van der Waals surface area contributed by atoms with Gasteiger partial charge in [0.05, 0.1) is 12.8 Å². The third kappa shape index (κ3) is 2.20. The zero-order valence-electron chi connectivity index (χ0n) is 12.9. The third-order valence-electron chi connectivity index (χ3n) is 4.34. The number of aliphatic imine (C=N–C) groups is 1. The number of carbonyl (C=O) groups is 1. The molecule has 0 N–H and O–H groups in total. The fourth-order valence-corrected chi connectivity index (χ4v) is 3.33. The van der Waals surface area contributed by atoms with Crippen LogP contribution in [0.2, 0.25) is 5.02 Å². The Hall–Kier alpha value is -1.87. The predicted molar refractivity (Wildman–Crippen MR) is 88.4 cm³/mol. The number of nitrogens with zero attached hydrogens (tertiary/aromatic N) is 1. The molecule has 2 unspecified atom stereocenters. The normalized spacial score (nSPS) is 25.9. The Morgan fingerprint density at radius 2 is 2.00 bits per heavy atom. The van der Waals surface area contributed by atoms with Crippen LogP contribution in [0.3, 0.4) is 0 Å². The van der Waals surface area contributed by atoms with Crippen molar-refractivity contribution in [1.29, 1.82) is 0 Å². The van der Waals surface area contributed by atoms with Crippen LogP contribution in [0.25, 0.3) is 0 Å². The molecule has 0 saturated heterocycles. The van der Waals surface area contributed by atoms with Gasteiger partial charge in [0, 0.05) is 10.9 Å². The Morgan fingerprint density at radius 1 is 1.32 bits per heavy atom. The van der Waals surface area contributed by atoms with Gasteiger partial charge in [0.15, 0.2) is 0 Å². The Labute approximate surface area is 135 Å². The molecule has 1 aromatic carbocycles. The van der Waals surface area contributed by atoms with Crippen LogP contribution in [0.1, 0.15) is 25.8 Å². The van der Waals surface area contributed by atoms with Crippen molar-refractivity contribution >= 4 is 23.3 Å². The second kappa shape index (κ2) is 5.40. The number of benzene rings is 1. The average Bonchev–Trinajstić information content (AvgIpc) is 3.05. The quantitative estimate of drug-likeness (QED) is 0.792. The number of carbonyl (C=O) groups excluding carboxylic acids is 1. The molecule has 4 heteroatoms. The highest BCUT2D eigenvalue weighted by atomic mass is 35.5. The first kappa shape index (κ1) is 15.0. The lowest BCUT2D eigenvalue weighted by Crippen LogP contribution is -2.40. The summed E-state index contributed by atoms with van der Waals surface area (Å²) in [6, 6.07) is 7.43. The van der Waals surface area contributed by atoms with Gasteiger partial charge in [-0.05, 0) is 43.5 Å². The molecule has 114 valence electrons. The van der Waals surface area contributed by atoms with Gasteiger partial charge in [0.25, 0.3) is 0 Å². The van der Waals surface area contributed by atoms with Crippen LogP contribution in [0.15, 0.2) is 52.6 Å². The van der Waals surface area contributed by atoms with E-state index in [4.69, 9.17) is 16.3 Å². The van der Waals surface area contributed by atoms with Crippen molar-refractivity contribution in [3.8, 4) is 0 Å². The van der Waals surface area contributed by atoms with E-state index in [0.29, 0.717) is 5.02 Å². The van der Waals surface area contributed by atoms with Crippen LogP contribution in [0, 0.1) is 5.92 Å². The lowest BCUT2D eigenvalue weighted by molar-refractivity contribution is -0.144. The molecule has 3 nitrogen and oxygen atoms in total. The van der Waals surface area contributed by atoms with Crippen LogP contribution in [-0.2, 0) is 9.53 Å². The van der Waals surface area contributed by atoms with E-state index < -0.39 is 5.54 Å². The molecule has 0 bridgehead atoms. The summed E-state index contributed by atoms with van der Waals surface area (Å²) in [5, 5.41) is 0.668. The molecule has 0 radical (unpaired) electrons. The van der Waals surface area contributed by atoms with Crippen LogP contribution in [0.5, 0.6) is 0 Å². The fraction of sp³-hybridized carbons (Fsp3) is 0.333. The maximum atomic E-state index is 12.5. The number of allylic oxidation sites excluding steroid dienone is 3. The summed E-state index contributed by atoms with van der Waals surface area (Å²) in [5.74, 6) is -0.263. The van der Waals surface area contributed by atoms with Gasteiger partial charge >= 0.3 is 5.97 Å². The van der Waals surface area contributed by atoms with E-state index in [-0.39, 0.29) is 11.9 Å². The molecule has 0 fully saturated rings. The molecule has 22 heavy (non-hydrogen) atoms. The first-order chi connectivity index (χ1) is 10.5. The van der Waals surface area contributed by atoms with Crippen LogP contribution >= 0.6 is 11.6 Å². The van der Waals surface area contributed by atoms with Gasteiger partial charge < -0.3 is 4.74 Å². The van der Waals surface area contributed by atoms with Gasteiger partial charge in [-0.1, -0.05) is 41.5 Å². The van der Waals surface area contributed by atoms with E-state index >= 15 is 0 Å². The molecule has 2 aliphatic rings. The van der Waals surface area contributed by atoms with Gasteiger partial charge in [0.2, 0.25) is 5.54 Å². The highest BCUT2D eigenvalue weighted by Gasteiger charge is 2.61. The van der Waals surface area contributed by atoms with Crippen LogP contribution in [-0.4, -0.2) is 24.3 Å². The first-order valence-electron chi connectivity index (χ1n) is 7.29. The monoisotopic (exact) mass is 315 g/mol. The summed E-state index contributed by atoms with van der Waals surface area (Å²) in [6.45, 7) is 4.13. The van der Waals surface area contributed by atoms with Crippen molar-refractivity contribution in [3.05, 3.63) is 58.1 Å². The van der Waals surface area contributed by atoms with Crippen molar-refractivity contribution in [2.45, 2.75) is 25.8 Å². The van der Waals surface area contributed by atoms with Crippen molar-refractivity contribution in [2.75, 3.05) is 7.11 Å². The maximum Gasteiger partial charge on any atom is 0.340 e. The molecule has 1 heterocycles. The summed E-state index contributed by atoms with van der Waals surface area (Å²) < 4.78 is 5.06. The minimum Gasteiger partial charge on any atom is -0.467 e. The topological polar surface area (TPSA) is 38.7 Å². The predicted octanol–water partition coefficient (Wildman–Crippen LogP) is 3.97. The first-order valence-corrected chi connectivity index (χ1v) is 7.67. The molecular weight excluding hydrogens is 298 g/mol. The number of hydrogen-bond acceptors (Lipinski definition) is 3. The smallest absolute Gasteiger partial charge is 0.340 e. The van der Waals surface area contributed by atoms with Gasteiger partial charge in [-0.25, -0.2) is 4.79 Å². The molecule has 0 saturated carbocycles. The Balaban J connectivity index is 1.99. The SMILES string of the molecule is COC(=O)C1(C2CC=CC2=C(C)C)N=C1c1ccc(Cl)cc1. The highest BCUT2D eigenvalue weighted by molar-refractivity contribution is 6.32. The lowest BCUT2D eigenvalue weighted by atomic mass is 9.79. The van der Waals surface area contributed by atoms with E-state index in [1.54, 1.807) is 0 Å². The number of esters is 1. The van der Waals surface area contributed by atoms with E-state index in [2.05, 4.69) is 31.0 Å². The van der Waals surface area contributed by atoms with Gasteiger partial charge in [-0.3, -0.25) is 4.99 Å². The van der Waals surface area contributed by atoms with Crippen molar-refractivity contribution in [1.82, 2.24) is 0 Å². The fourth-order valence-electron chi connectivity index (χ4n) is 3.21. The van der Waals surface area contributed by atoms with Crippen LogP contribution < -0.4 is 0 Å². The lowest BCUT2D eigenvalue weighted by Gasteiger charge is -2.23. The van der Waals surface area contributed by atoms with E-state index in [0.717, 1.165) is 17.7 Å². The van der Waals surface area contributed by atoms with Crippen molar-refractivity contribution in [2.24, 2.45) is 10.9 Å². The third-order valence-corrected chi connectivity index (χ3v) is 4.59. The molecule has 1 aliphatic heterocycles. The van der Waals surface area contributed by atoms with Gasteiger partial charge in [0.1, 0.15) is 0 Å². The molecule has 1 aromatic rings. The van der Waals surface area contributed by atoms with Gasteiger partial charge in [-0.15, -0.1) is 0 Å². The second-order valence-corrected chi connectivity index (χ2v) is 6.31. The van der Waals surface area contributed by atoms with Gasteiger partial charge in [-0.2, -0.15) is 0 Å². The Kier molecular flexibility index (Phi) is 3.69. The zero-order valence-corrected chi connectivity index (χ0v) is 13.6. The van der Waals surface area contributed by atoms with Crippen LogP contribution in [0.4, 0.5) is 0 Å². The second-order valence-electron chi connectivity index (χ2n) is 5.87. The largest absolute Gasteiger partial charge is 0.467 e. The summed E-state index contributed by atoms with van der Waals surface area (Å²) in [5.41, 5.74) is 3.23. The number of rotatable bonds is 3. The summed E-state index contributed by atoms with van der Waals surface area (Å²) in [6.07, 6.45) is 5.00. The molecule has 0 amide bonds. The van der Waals surface area contributed by atoms with Crippen molar-refractivity contribution in [3.63, 3.8) is 0 Å². The molecule has 2 atom stereocenters. The number of hydrogen-bond donors (Lipinski definition) is 0. The minimum atomic E-state index is -0.876. The molecule has 0 spiro atoms. The van der Waals surface area contributed by atoms with E-state index in [9.17, 15) is 4.79 Å². The number of methoxy groups -OCH3 is 1. The molecule has 3 rings (SSSR count). The highest BCUT2D eigenvalue weighted by Crippen LogP contribution is 2.48. The van der Waals surface area contributed by atoms with E-state index in [1.807, 2.05) is 24.3 Å². The summed E-state index contributed by atoms with van der Waals surface area (Å²) >= 11 is 5.94.